The summed E-state index contributed by atoms with van der Waals surface area (Å²) in [5.74, 6) is 1.15. The van der Waals surface area contributed by atoms with E-state index in [-0.39, 0.29) is 5.75 Å². The van der Waals surface area contributed by atoms with Crippen molar-refractivity contribution >= 4 is 5.52 Å². The fourth-order valence-electron chi connectivity index (χ4n) is 1.44. The molecule has 14 heavy (non-hydrogen) atoms. The molecule has 2 rings (SSSR count). The van der Waals surface area contributed by atoms with Crippen LogP contribution in [0.1, 0.15) is 5.82 Å². The summed E-state index contributed by atoms with van der Waals surface area (Å²) in [6.07, 6.45) is 4.29. The first-order chi connectivity index (χ1) is 6.83. The molecule has 0 aliphatic heterocycles. The van der Waals surface area contributed by atoms with E-state index in [1.165, 1.54) is 0 Å². The van der Waals surface area contributed by atoms with Gasteiger partial charge in [-0.2, -0.15) is 0 Å². The number of fused-ring (bicyclic) bond motifs is 1. The van der Waals surface area contributed by atoms with Crippen LogP contribution >= 0.6 is 0 Å². The van der Waals surface area contributed by atoms with Gasteiger partial charge in [-0.3, -0.25) is 0 Å². The van der Waals surface area contributed by atoms with Gasteiger partial charge in [-0.05, 0) is 12.1 Å². The first-order valence-corrected chi connectivity index (χ1v) is 4.46. The summed E-state index contributed by atoms with van der Waals surface area (Å²) in [5, 5.41) is 9.52. The van der Waals surface area contributed by atoms with Crippen molar-refractivity contribution in [3.8, 4) is 5.75 Å². The fraction of sp³-hybridized carbons (Fsp3) is 0.300. The Bertz CT molecular complexity index is 437. The number of nitrogens with zero attached hydrogens (tertiary/aromatic N) is 2. The van der Waals surface area contributed by atoms with Gasteiger partial charge in [0.25, 0.3) is 0 Å². The fourth-order valence-corrected chi connectivity index (χ4v) is 1.44. The van der Waals surface area contributed by atoms with Gasteiger partial charge in [0.1, 0.15) is 17.1 Å². The first kappa shape index (κ1) is 9.02. The Morgan fingerprint density at radius 3 is 3.21 bits per heavy atom. The number of rotatable bonds is 3. The highest BCUT2D eigenvalue weighted by Crippen LogP contribution is 2.18. The third-order valence-corrected chi connectivity index (χ3v) is 2.15. The van der Waals surface area contributed by atoms with Crippen molar-refractivity contribution in [2.45, 2.75) is 6.42 Å². The number of imidazole rings is 1. The summed E-state index contributed by atoms with van der Waals surface area (Å²) < 4.78 is 6.85. The van der Waals surface area contributed by atoms with Gasteiger partial charge in [0.2, 0.25) is 0 Å². The molecule has 0 atom stereocenters. The molecule has 0 aliphatic carbocycles. The molecular formula is C10H12N2O2. The lowest BCUT2D eigenvalue weighted by Crippen LogP contribution is -1.99. The lowest BCUT2D eigenvalue weighted by atomic mass is 10.4. The number of pyridine rings is 1. The summed E-state index contributed by atoms with van der Waals surface area (Å²) in [7, 11) is 1.66. The quantitative estimate of drug-likeness (QED) is 0.795. The lowest BCUT2D eigenvalue weighted by Gasteiger charge is -2.00. The van der Waals surface area contributed by atoms with Crippen molar-refractivity contribution in [3.63, 3.8) is 0 Å². The second-order valence-corrected chi connectivity index (χ2v) is 3.07. The Kier molecular flexibility index (Phi) is 2.37. The summed E-state index contributed by atoms with van der Waals surface area (Å²) in [4.78, 5) is 4.22. The van der Waals surface area contributed by atoms with Gasteiger partial charge in [0.15, 0.2) is 0 Å². The highest BCUT2D eigenvalue weighted by atomic mass is 16.5. The zero-order valence-corrected chi connectivity index (χ0v) is 7.97. The zero-order valence-electron chi connectivity index (χ0n) is 7.97. The van der Waals surface area contributed by atoms with Crippen molar-refractivity contribution in [2.75, 3.05) is 13.7 Å². The second kappa shape index (κ2) is 3.67. The number of hydrogen-bond donors (Lipinski definition) is 1. The molecule has 4 nitrogen and oxygen atoms in total. The van der Waals surface area contributed by atoms with E-state index in [0.29, 0.717) is 6.61 Å². The van der Waals surface area contributed by atoms with E-state index in [1.807, 2.05) is 10.6 Å². The van der Waals surface area contributed by atoms with E-state index in [9.17, 15) is 5.11 Å². The van der Waals surface area contributed by atoms with Gasteiger partial charge in [0, 0.05) is 19.7 Å². The molecule has 0 spiro atoms. The Labute approximate surface area is 81.8 Å². The topological polar surface area (TPSA) is 46.8 Å². The Hall–Kier alpha value is -1.55. The number of methoxy groups -OCH3 is 1. The average Bonchev–Trinajstić information content (AvgIpc) is 2.60. The molecule has 74 valence electrons. The number of hydrogen-bond acceptors (Lipinski definition) is 3. The molecular weight excluding hydrogens is 180 g/mol. The van der Waals surface area contributed by atoms with Gasteiger partial charge in [-0.25, -0.2) is 4.98 Å². The standard InChI is InChI=1S/C10H12N2O2/c1-14-6-4-10-11-7-8-9(13)3-2-5-12(8)10/h2-3,5,7,13H,4,6H2,1H3. The molecule has 0 radical (unpaired) electrons. The van der Waals surface area contributed by atoms with Gasteiger partial charge in [0.05, 0.1) is 12.8 Å². The van der Waals surface area contributed by atoms with Crippen LogP contribution in [0.5, 0.6) is 5.75 Å². The van der Waals surface area contributed by atoms with E-state index in [2.05, 4.69) is 4.98 Å². The normalized spacial score (nSPS) is 10.9. The largest absolute Gasteiger partial charge is 0.506 e. The van der Waals surface area contributed by atoms with Crippen LogP contribution in [0.4, 0.5) is 0 Å². The summed E-state index contributed by atoms with van der Waals surface area (Å²) in [6.45, 7) is 0.634. The minimum Gasteiger partial charge on any atom is -0.506 e. The predicted molar refractivity (Wildman–Crippen MR) is 52.4 cm³/mol. The smallest absolute Gasteiger partial charge is 0.141 e. The van der Waals surface area contributed by atoms with Crippen LogP contribution in [0.15, 0.2) is 24.5 Å². The van der Waals surface area contributed by atoms with Crippen LogP contribution in [-0.4, -0.2) is 28.2 Å². The van der Waals surface area contributed by atoms with E-state index in [4.69, 9.17) is 4.74 Å². The number of aromatic nitrogens is 2. The molecule has 0 aromatic carbocycles. The lowest BCUT2D eigenvalue weighted by molar-refractivity contribution is 0.200. The van der Waals surface area contributed by atoms with Crippen LogP contribution in [-0.2, 0) is 11.2 Å². The maximum atomic E-state index is 9.52. The van der Waals surface area contributed by atoms with Gasteiger partial charge in [-0.1, -0.05) is 0 Å². The zero-order chi connectivity index (χ0) is 9.97. The van der Waals surface area contributed by atoms with Gasteiger partial charge in [-0.15, -0.1) is 0 Å². The third kappa shape index (κ3) is 1.44. The summed E-state index contributed by atoms with van der Waals surface area (Å²) in [5.41, 5.74) is 0.735. The highest BCUT2D eigenvalue weighted by Gasteiger charge is 2.05. The maximum Gasteiger partial charge on any atom is 0.141 e. The molecule has 2 aromatic heterocycles. The molecule has 0 fully saturated rings. The maximum absolute atomic E-state index is 9.52. The number of ether oxygens (including phenoxy) is 1. The first-order valence-electron chi connectivity index (χ1n) is 4.46. The molecule has 0 amide bonds. The van der Waals surface area contributed by atoms with Crippen LogP contribution in [0, 0.1) is 0 Å². The highest BCUT2D eigenvalue weighted by molar-refractivity contribution is 5.58. The molecule has 2 aromatic rings. The molecule has 0 saturated carbocycles. The van der Waals surface area contributed by atoms with Crippen LogP contribution in [0.25, 0.3) is 5.52 Å². The van der Waals surface area contributed by atoms with Crippen molar-refractivity contribution in [1.82, 2.24) is 9.38 Å². The van der Waals surface area contributed by atoms with Crippen LogP contribution in [0.2, 0.25) is 0 Å². The number of aromatic hydroxyl groups is 1. The Morgan fingerprint density at radius 2 is 2.43 bits per heavy atom. The molecule has 0 unspecified atom stereocenters. The second-order valence-electron chi connectivity index (χ2n) is 3.07. The van der Waals surface area contributed by atoms with Crippen molar-refractivity contribution in [2.24, 2.45) is 0 Å². The predicted octanol–water partition coefficient (Wildman–Crippen LogP) is 1.23. The summed E-state index contributed by atoms with van der Waals surface area (Å²) >= 11 is 0. The molecule has 4 heteroatoms. The van der Waals surface area contributed by atoms with E-state index in [0.717, 1.165) is 17.8 Å². The molecule has 0 aliphatic rings. The Balaban J connectivity index is 2.42. The van der Waals surface area contributed by atoms with Crippen LogP contribution < -0.4 is 0 Å². The molecule has 0 bridgehead atoms. The third-order valence-electron chi connectivity index (χ3n) is 2.15. The van der Waals surface area contributed by atoms with Crippen LogP contribution in [0.3, 0.4) is 0 Å². The van der Waals surface area contributed by atoms with Gasteiger partial charge < -0.3 is 14.2 Å². The molecule has 1 N–H and O–H groups in total. The summed E-state index contributed by atoms with van der Waals surface area (Å²) in [6, 6.07) is 3.44. The molecule has 2 heterocycles. The minimum atomic E-state index is 0.253. The van der Waals surface area contributed by atoms with E-state index >= 15 is 0 Å². The SMILES string of the molecule is COCCc1ncc2c(O)cccn12. The van der Waals surface area contributed by atoms with E-state index < -0.39 is 0 Å². The minimum absolute atomic E-state index is 0.253. The monoisotopic (exact) mass is 192 g/mol. The van der Waals surface area contributed by atoms with Gasteiger partial charge >= 0.3 is 0 Å². The van der Waals surface area contributed by atoms with Crippen molar-refractivity contribution in [1.29, 1.82) is 0 Å². The average molecular weight is 192 g/mol. The van der Waals surface area contributed by atoms with Crippen molar-refractivity contribution in [3.05, 3.63) is 30.4 Å². The molecule has 0 saturated heterocycles. The van der Waals surface area contributed by atoms with Crippen molar-refractivity contribution < 1.29 is 9.84 Å². The van der Waals surface area contributed by atoms with E-state index in [1.54, 1.807) is 25.4 Å². The Morgan fingerprint density at radius 1 is 1.57 bits per heavy atom.